The van der Waals surface area contributed by atoms with E-state index in [0.29, 0.717) is 33.7 Å². The van der Waals surface area contributed by atoms with Crippen molar-refractivity contribution in [2.45, 2.75) is 42.0 Å². The molecule has 1 aromatic carbocycles. The van der Waals surface area contributed by atoms with E-state index in [1.165, 1.54) is 21.2 Å². The van der Waals surface area contributed by atoms with Gasteiger partial charge >= 0.3 is 4.87 Å². The van der Waals surface area contributed by atoms with Crippen LogP contribution in [0.5, 0.6) is 0 Å². The van der Waals surface area contributed by atoms with Crippen molar-refractivity contribution < 1.29 is 14.4 Å². The standard InChI is InChI=1S/C26H23ClN4O4S2/c27-16-6-8-17(9-7-16)31-23(33)20-19(15-5-4-10-28-13-15)22-25(36-21(20)24(31)34)30(26(35)37-22)14-18(32)29-11-2-1-3-12-29/h4-10,13,19-21H,1-3,11-12,14H2/t19-,20-,21+/m0/s1. The number of fused-ring (bicyclic) bond motifs is 2. The molecule has 2 fully saturated rings. The van der Waals surface area contributed by atoms with Crippen molar-refractivity contribution in [1.29, 1.82) is 0 Å². The summed E-state index contributed by atoms with van der Waals surface area (Å²) in [6.45, 7) is 1.32. The highest BCUT2D eigenvalue weighted by molar-refractivity contribution is 8.00. The van der Waals surface area contributed by atoms with Gasteiger partial charge in [0.1, 0.15) is 11.8 Å². The molecule has 0 aliphatic carbocycles. The largest absolute Gasteiger partial charge is 0.341 e. The van der Waals surface area contributed by atoms with Gasteiger partial charge < -0.3 is 4.90 Å². The number of likely N-dealkylation sites (tertiary alicyclic amines) is 1. The number of rotatable bonds is 4. The van der Waals surface area contributed by atoms with Crippen LogP contribution in [0.1, 0.15) is 35.6 Å². The van der Waals surface area contributed by atoms with Gasteiger partial charge in [0.05, 0.1) is 16.6 Å². The zero-order valence-corrected chi connectivity index (χ0v) is 22.1. The number of aromatic nitrogens is 2. The van der Waals surface area contributed by atoms with E-state index < -0.39 is 17.1 Å². The molecule has 5 heterocycles. The number of imide groups is 1. The summed E-state index contributed by atoms with van der Waals surface area (Å²) in [6.07, 6.45) is 6.34. The molecular formula is C26H23ClN4O4S2. The van der Waals surface area contributed by atoms with Crippen LogP contribution in [0.4, 0.5) is 5.69 Å². The quantitative estimate of drug-likeness (QED) is 0.456. The molecule has 0 N–H and O–H groups in total. The minimum absolute atomic E-state index is 0.0716. The number of thiazole rings is 1. The normalized spacial score (nSPS) is 23.2. The van der Waals surface area contributed by atoms with Gasteiger partial charge in [-0.15, -0.1) is 0 Å². The molecule has 0 bridgehead atoms. The number of hydrogen-bond donors (Lipinski definition) is 0. The number of nitrogens with zero attached hydrogens (tertiary/aromatic N) is 4. The SMILES string of the molecule is O=C(Cn1c2c(sc1=O)[C@@H](c1cccnc1)[C@@H]1C(=O)N(c3ccc(Cl)cc3)C(=O)[C@@H]1S2)N1CCCCC1. The Hall–Kier alpha value is -2.95. The first-order chi connectivity index (χ1) is 17.9. The highest BCUT2D eigenvalue weighted by Gasteiger charge is 2.56. The number of hydrogen-bond acceptors (Lipinski definition) is 7. The molecule has 0 saturated carbocycles. The van der Waals surface area contributed by atoms with Crippen LogP contribution in [-0.2, 0) is 20.9 Å². The summed E-state index contributed by atoms with van der Waals surface area (Å²) in [7, 11) is 0. The topological polar surface area (TPSA) is 92.6 Å². The van der Waals surface area contributed by atoms with E-state index >= 15 is 0 Å². The summed E-state index contributed by atoms with van der Waals surface area (Å²) in [6, 6.07) is 10.2. The maximum atomic E-state index is 13.8. The number of halogens is 1. The number of piperidine rings is 1. The molecule has 3 atom stereocenters. The van der Waals surface area contributed by atoms with Crippen LogP contribution < -0.4 is 9.77 Å². The molecule has 3 aliphatic heterocycles. The molecule has 3 aliphatic rings. The molecule has 3 aromatic rings. The molecule has 0 spiro atoms. The van der Waals surface area contributed by atoms with Gasteiger partial charge in [0.15, 0.2) is 0 Å². The molecule has 37 heavy (non-hydrogen) atoms. The predicted octanol–water partition coefficient (Wildman–Crippen LogP) is 3.77. The lowest BCUT2D eigenvalue weighted by Gasteiger charge is -2.31. The van der Waals surface area contributed by atoms with Gasteiger partial charge in [-0.2, -0.15) is 0 Å². The van der Waals surface area contributed by atoms with Crippen LogP contribution in [0.25, 0.3) is 0 Å². The third-order valence-electron chi connectivity index (χ3n) is 7.18. The van der Waals surface area contributed by atoms with E-state index in [-0.39, 0.29) is 29.1 Å². The molecule has 190 valence electrons. The second-order valence-corrected chi connectivity index (χ2v) is 11.9. The van der Waals surface area contributed by atoms with Crippen molar-refractivity contribution in [3.8, 4) is 0 Å². The van der Waals surface area contributed by atoms with Gasteiger partial charge in [0.2, 0.25) is 17.7 Å². The van der Waals surface area contributed by atoms with Crippen LogP contribution in [-0.4, -0.2) is 50.5 Å². The van der Waals surface area contributed by atoms with Crippen LogP contribution in [0.3, 0.4) is 0 Å². The molecule has 0 unspecified atom stereocenters. The number of carbonyl (C=O) groups excluding carboxylic acids is 3. The summed E-state index contributed by atoms with van der Waals surface area (Å²) >= 11 is 8.30. The molecule has 0 radical (unpaired) electrons. The third-order valence-corrected chi connectivity index (χ3v) is 10.0. The summed E-state index contributed by atoms with van der Waals surface area (Å²) in [5.41, 5.74) is 1.22. The number of anilines is 1. The average molecular weight is 555 g/mol. The fourth-order valence-corrected chi connectivity index (χ4v) is 8.30. The second-order valence-electron chi connectivity index (χ2n) is 9.38. The zero-order chi connectivity index (χ0) is 25.7. The zero-order valence-electron chi connectivity index (χ0n) is 19.7. The van der Waals surface area contributed by atoms with Gasteiger partial charge in [-0.1, -0.05) is 40.8 Å². The fourth-order valence-electron chi connectivity index (χ4n) is 5.40. The Morgan fingerprint density at radius 1 is 1.03 bits per heavy atom. The van der Waals surface area contributed by atoms with Crippen LogP contribution >= 0.6 is 34.7 Å². The molecule has 8 nitrogen and oxygen atoms in total. The van der Waals surface area contributed by atoms with Crippen molar-refractivity contribution in [2.24, 2.45) is 5.92 Å². The number of carbonyl (C=O) groups is 3. The molecule has 2 saturated heterocycles. The monoisotopic (exact) mass is 554 g/mol. The Morgan fingerprint density at radius 2 is 1.78 bits per heavy atom. The van der Waals surface area contributed by atoms with Gasteiger partial charge in [-0.05, 0) is 55.2 Å². The molecule has 6 rings (SSSR count). The first-order valence-corrected chi connectivity index (χ1v) is 14.2. The first-order valence-electron chi connectivity index (χ1n) is 12.2. The van der Waals surface area contributed by atoms with Crippen molar-refractivity contribution in [2.75, 3.05) is 18.0 Å². The fraction of sp³-hybridized carbons (Fsp3) is 0.346. The maximum absolute atomic E-state index is 13.8. The van der Waals surface area contributed by atoms with E-state index in [4.69, 9.17) is 11.6 Å². The van der Waals surface area contributed by atoms with Crippen LogP contribution in [0, 0.1) is 5.92 Å². The van der Waals surface area contributed by atoms with E-state index in [1.807, 2.05) is 6.07 Å². The van der Waals surface area contributed by atoms with Gasteiger partial charge in [0.25, 0.3) is 0 Å². The van der Waals surface area contributed by atoms with Gasteiger partial charge in [-0.25, -0.2) is 4.90 Å². The number of thioether (sulfide) groups is 1. The third kappa shape index (κ3) is 4.20. The smallest absolute Gasteiger partial charge is 0.308 e. The molecule has 11 heteroatoms. The Labute approximate surface area is 226 Å². The van der Waals surface area contributed by atoms with E-state index in [0.717, 1.165) is 36.2 Å². The Balaban J connectivity index is 1.42. The highest BCUT2D eigenvalue weighted by Crippen LogP contribution is 2.53. The van der Waals surface area contributed by atoms with E-state index in [1.54, 1.807) is 47.6 Å². The summed E-state index contributed by atoms with van der Waals surface area (Å²) in [5.74, 6) is -1.97. The number of amides is 3. The Bertz CT molecular complexity index is 1430. The average Bonchev–Trinajstić information content (AvgIpc) is 3.36. The lowest BCUT2D eigenvalue weighted by molar-refractivity contribution is -0.133. The van der Waals surface area contributed by atoms with E-state index in [2.05, 4.69) is 4.98 Å². The molecule has 3 amide bonds. The highest BCUT2D eigenvalue weighted by atomic mass is 35.5. The number of pyridine rings is 1. The van der Waals surface area contributed by atoms with Crippen molar-refractivity contribution in [1.82, 2.24) is 14.5 Å². The lowest BCUT2D eigenvalue weighted by Crippen LogP contribution is -2.39. The minimum Gasteiger partial charge on any atom is -0.341 e. The molecule has 2 aromatic heterocycles. The second kappa shape index (κ2) is 9.74. The van der Waals surface area contributed by atoms with Crippen molar-refractivity contribution in [3.05, 3.63) is 73.9 Å². The predicted molar refractivity (Wildman–Crippen MR) is 142 cm³/mol. The summed E-state index contributed by atoms with van der Waals surface area (Å²) in [5, 5.41) is 0.369. The van der Waals surface area contributed by atoms with Crippen LogP contribution in [0.15, 0.2) is 58.6 Å². The minimum atomic E-state index is -0.730. The lowest BCUT2D eigenvalue weighted by atomic mass is 9.84. The summed E-state index contributed by atoms with van der Waals surface area (Å²) in [4.78, 5) is 61.5. The van der Waals surface area contributed by atoms with Crippen LogP contribution in [0.2, 0.25) is 5.02 Å². The van der Waals surface area contributed by atoms with Gasteiger partial charge in [0, 0.05) is 41.3 Å². The Kier molecular flexibility index (Phi) is 6.42. The summed E-state index contributed by atoms with van der Waals surface area (Å²) < 4.78 is 1.49. The van der Waals surface area contributed by atoms with Crippen molar-refractivity contribution >= 4 is 58.1 Å². The first kappa shape index (κ1) is 24.4. The number of benzene rings is 1. The Morgan fingerprint density at radius 3 is 2.49 bits per heavy atom. The van der Waals surface area contributed by atoms with Gasteiger partial charge in [-0.3, -0.25) is 28.7 Å². The van der Waals surface area contributed by atoms with E-state index in [9.17, 15) is 19.2 Å². The maximum Gasteiger partial charge on any atom is 0.308 e. The van der Waals surface area contributed by atoms with Crippen molar-refractivity contribution in [3.63, 3.8) is 0 Å². The molecular weight excluding hydrogens is 532 g/mol.